The van der Waals surface area contributed by atoms with E-state index in [4.69, 9.17) is 32.4 Å². The minimum atomic E-state index is -0.763. The lowest BCUT2D eigenvalue weighted by Crippen LogP contribution is -2.15. The van der Waals surface area contributed by atoms with E-state index in [1.807, 2.05) is 34.6 Å². The molecule has 0 saturated carbocycles. The highest BCUT2D eigenvalue weighted by atomic mass is 35.5. The number of oxazole rings is 1. The van der Waals surface area contributed by atoms with Gasteiger partial charge in [0.05, 0.1) is 16.8 Å². The molecule has 0 aliphatic heterocycles. The zero-order chi connectivity index (χ0) is 18.2. The van der Waals surface area contributed by atoms with E-state index in [2.05, 4.69) is 0 Å². The zero-order valence-electron chi connectivity index (χ0n) is 14.2. The Morgan fingerprint density at radius 2 is 1.96 bits per heavy atom. The summed E-state index contributed by atoms with van der Waals surface area (Å²) >= 11 is 12.3. The number of aromatic nitrogens is 1. The standard InChI is InChI=1S/C17H20Cl2FNO3/c1-6-9(2)23-13-8-12(11(20)7-10(13)18)21-15(19)14(17(3,4)5)24-16(21)22/h7-9H,6H2,1-5H3. The van der Waals surface area contributed by atoms with Gasteiger partial charge in [0, 0.05) is 11.5 Å². The fraction of sp³-hybridized carbons (Fsp3) is 0.471. The minimum Gasteiger partial charge on any atom is -0.489 e. The average Bonchev–Trinajstić information content (AvgIpc) is 2.77. The lowest BCUT2D eigenvalue weighted by atomic mass is 9.94. The maximum atomic E-state index is 14.4. The zero-order valence-corrected chi connectivity index (χ0v) is 15.8. The number of ether oxygens (including phenoxy) is 1. The van der Waals surface area contributed by atoms with E-state index in [0.29, 0.717) is 0 Å². The SMILES string of the molecule is CCC(C)Oc1cc(-n2c(Cl)c(C(C)(C)C)oc2=O)c(F)cc1Cl. The van der Waals surface area contributed by atoms with Crippen LogP contribution in [0, 0.1) is 5.82 Å². The molecule has 0 spiro atoms. The van der Waals surface area contributed by atoms with E-state index >= 15 is 0 Å². The molecule has 2 rings (SSSR count). The van der Waals surface area contributed by atoms with Crippen molar-refractivity contribution in [2.45, 2.75) is 52.6 Å². The molecule has 0 fully saturated rings. The lowest BCUT2D eigenvalue weighted by Gasteiger charge is -2.16. The number of rotatable bonds is 4. The summed E-state index contributed by atoms with van der Waals surface area (Å²) in [4.78, 5) is 12.2. The molecular formula is C17H20Cl2FNO3. The van der Waals surface area contributed by atoms with E-state index in [1.54, 1.807) is 0 Å². The van der Waals surface area contributed by atoms with Crippen molar-refractivity contribution in [2.75, 3.05) is 0 Å². The fourth-order valence-corrected chi connectivity index (χ4v) is 2.78. The third-order valence-corrected chi connectivity index (χ3v) is 4.22. The maximum Gasteiger partial charge on any atom is 0.425 e. The van der Waals surface area contributed by atoms with Gasteiger partial charge in [-0.1, -0.05) is 50.9 Å². The summed E-state index contributed by atoms with van der Waals surface area (Å²) in [6, 6.07) is 2.46. The average molecular weight is 376 g/mol. The highest BCUT2D eigenvalue weighted by Gasteiger charge is 2.28. The summed E-state index contributed by atoms with van der Waals surface area (Å²) in [5.74, 6) is -0.890. The molecule has 0 amide bonds. The van der Waals surface area contributed by atoms with E-state index in [-0.39, 0.29) is 33.5 Å². The molecule has 132 valence electrons. The number of hydrogen-bond donors (Lipinski definition) is 0. The molecule has 1 unspecified atom stereocenters. The predicted octanol–water partition coefficient (Wildman–Crippen LogP) is 5.35. The van der Waals surface area contributed by atoms with Crippen LogP contribution in [-0.4, -0.2) is 10.7 Å². The molecule has 1 aromatic carbocycles. The normalized spacial score (nSPS) is 13.2. The molecule has 7 heteroatoms. The lowest BCUT2D eigenvalue weighted by molar-refractivity contribution is 0.217. The van der Waals surface area contributed by atoms with Gasteiger partial charge in [-0.25, -0.2) is 13.8 Å². The number of benzene rings is 1. The Bertz CT molecular complexity index is 805. The van der Waals surface area contributed by atoms with Gasteiger partial charge in [-0.05, 0) is 19.4 Å². The van der Waals surface area contributed by atoms with Gasteiger partial charge >= 0.3 is 5.76 Å². The van der Waals surface area contributed by atoms with Gasteiger partial charge in [0.25, 0.3) is 0 Å². The Kier molecular flexibility index (Phi) is 5.35. The van der Waals surface area contributed by atoms with Crippen LogP contribution in [0.1, 0.15) is 46.8 Å². The third kappa shape index (κ3) is 3.62. The van der Waals surface area contributed by atoms with Crippen LogP contribution < -0.4 is 10.5 Å². The fourth-order valence-electron chi connectivity index (χ4n) is 2.10. The summed E-state index contributed by atoms with van der Waals surface area (Å²) in [6.45, 7) is 9.36. The molecule has 0 aliphatic carbocycles. The van der Waals surface area contributed by atoms with Crippen LogP contribution in [0.4, 0.5) is 4.39 Å². The van der Waals surface area contributed by atoms with Crippen molar-refractivity contribution in [3.05, 3.63) is 44.4 Å². The van der Waals surface area contributed by atoms with Crippen LogP contribution in [0.5, 0.6) is 5.75 Å². The van der Waals surface area contributed by atoms with Gasteiger partial charge in [0.15, 0.2) is 10.9 Å². The molecule has 2 aromatic rings. The van der Waals surface area contributed by atoms with E-state index in [1.165, 1.54) is 6.07 Å². The van der Waals surface area contributed by atoms with Gasteiger partial charge in [-0.2, -0.15) is 0 Å². The van der Waals surface area contributed by atoms with Gasteiger partial charge in [-0.15, -0.1) is 0 Å². The van der Waals surface area contributed by atoms with Crippen molar-refractivity contribution in [3.8, 4) is 11.4 Å². The quantitative estimate of drug-likeness (QED) is 0.723. The minimum absolute atomic E-state index is 0.0308. The molecule has 1 aromatic heterocycles. The van der Waals surface area contributed by atoms with E-state index < -0.39 is 17.0 Å². The summed E-state index contributed by atoms with van der Waals surface area (Å²) in [6.07, 6.45) is 0.645. The maximum absolute atomic E-state index is 14.4. The molecule has 0 aliphatic rings. The monoisotopic (exact) mass is 375 g/mol. The third-order valence-electron chi connectivity index (χ3n) is 3.58. The first-order valence-electron chi connectivity index (χ1n) is 7.64. The Morgan fingerprint density at radius 1 is 1.33 bits per heavy atom. The molecule has 0 radical (unpaired) electrons. The highest BCUT2D eigenvalue weighted by molar-refractivity contribution is 6.32. The van der Waals surface area contributed by atoms with Crippen LogP contribution >= 0.6 is 23.2 Å². The van der Waals surface area contributed by atoms with Crippen molar-refractivity contribution in [1.82, 2.24) is 4.57 Å². The molecule has 24 heavy (non-hydrogen) atoms. The van der Waals surface area contributed by atoms with Gasteiger partial charge in [0.1, 0.15) is 11.6 Å². The van der Waals surface area contributed by atoms with Crippen LogP contribution in [0.15, 0.2) is 21.3 Å². The first-order valence-corrected chi connectivity index (χ1v) is 8.39. The second-order valence-electron chi connectivity index (χ2n) is 6.64. The van der Waals surface area contributed by atoms with Crippen molar-refractivity contribution in [1.29, 1.82) is 0 Å². The van der Waals surface area contributed by atoms with Crippen LogP contribution in [0.3, 0.4) is 0 Å². The Labute approximate surface area is 150 Å². The van der Waals surface area contributed by atoms with Crippen molar-refractivity contribution in [3.63, 3.8) is 0 Å². The molecular weight excluding hydrogens is 356 g/mol. The summed E-state index contributed by atoms with van der Waals surface area (Å²) in [7, 11) is 0. The van der Waals surface area contributed by atoms with Crippen molar-refractivity contribution >= 4 is 23.2 Å². The summed E-state index contributed by atoms with van der Waals surface area (Å²) in [5, 5.41) is 0.156. The smallest absolute Gasteiger partial charge is 0.425 e. The van der Waals surface area contributed by atoms with Crippen LogP contribution in [-0.2, 0) is 5.41 Å². The number of nitrogens with zero attached hydrogens (tertiary/aromatic N) is 1. The predicted molar refractivity (Wildman–Crippen MR) is 93.4 cm³/mol. The second-order valence-corrected chi connectivity index (χ2v) is 7.41. The van der Waals surface area contributed by atoms with E-state index in [0.717, 1.165) is 17.1 Å². The topological polar surface area (TPSA) is 44.4 Å². The molecule has 1 heterocycles. The molecule has 0 saturated heterocycles. The van der Waals surface area contributed by atoms with Crippen LogP contribution in [0.2, 0.25) is 10.2 Å². The Balaban J connectivity index is 2.63. The largest absolute Gasteiger partial charge is 0.489 e. The van der Waals surface area contributed by atoms with Gasteiger partial charge in [-0.3, -0.25) is 0 Å². The first kappa shape index (κ1) is 18.9. The summed E-state index contributed by atoms with van der Waals surface area (Å²) in [5.41, 5.74) is -0.563. The number of halogens is 3. The van der Waals surface area contributed by atoms with E-state index in [9.17, 15) is 9.18 Å². The molecule has 1 atom stereocenters. The molecule has 0 N–H and O–H groups in total. The first-order chi connectivity index (χ1) is 11.1. The second kappa shape index (κ2) is 6.81. The Hall–Kier alpha value is -1.46. The van der Waals surface area contributed by atoms with Gasteiger partial charge < -0.3 is 9.15 Å². The molecule has 4 nitrogen and oxygen atoms in total. The van der Waals surface area contributed by atoms with Crippen molar-refractivity contribution in [2.24, 2.45) is 0 Å². The summed E-state index contributed by atoms with van der Waals surface area (Å²) < 4.78 is 26.3. The Morgan fingerprint density at radius 3 is 2.46 bits per heavy atom. The highest BCUT2D eigenvalue weighted by Crippen LogP contribution is 2.34. The van der Waals surface area contributed by atoms with Gasteiger partial charge in [0.2, 0.25) is 0 Å². The molecule has 0 bridgehead atoms. The number of hydrogen-bond acceptors (Lipinski definition) is 3. The van der Waals surface area contributed by atoms with Crippen LogP contribution in [0.25, 0.3) is 5.69 Å². The van der Waals surface area contributed by atoms with Crippen molar-refractivity contribution < 1.29 is 13.5 Å².